The van der Waals surface area contributed by atoms with Crippen LogP contribution in [0.1, 0.15) is 37.7 Å². The minimum Gasteiger partial charge on any atom is -0.384 e. The zero-order chi connectivity index (χ0) is 13.7. The highest BCUT2D eigenvalue weighted by molar-refractivity contribution is 6.30. The van der Waals surface area contributed by atoms with Crippen LogP contribution in [0.5, 0.6) is 0 Å². The summed E-state index contributed by atoms with van der Waals surface area (Å²) in [7, 11) is 1.77. The van der Waals surface area contributed by atoms with E-state index in [1.165, 1.54) is 12.8 Å². The van der Waals surface area contributed by atoms with Crippen molar-refractivity contribution in [3.63, 3.8) is 0 Å². The molecule has 0 unspecified atom stereocenters. The van der Waals surface area contributed by atoms with Gasteiger partial charge in [-0.1, -0.05) is 24.9 Å². The molecule has 1 fully saturated rings. The van der Waals surface area contributed by atoms with E-state index in [4.69, 9.17) is 16.3 Å². The number of hydrogen-bond donors (Lipinski definition) is 1. The maximum atomic E-state index is 6.21. The third-order valence-electron chi connectivity index (χ3n) is 3.70. The normalized spacial score (nSPS) is 20.3. The first-order valence-corrected chi connectivity index (χ1v) is 7.55. The minimum absolute atomic E-state index is 0.640. The van der Waals surface area contributed by atoms with Gasteiger partial charge in [0.25, 0.3) is 0 Å². The molecule has 0 aromatic carbocycles. The van der Waals surface area contributed by atoms with Gasteiger partial charge in [0.2, 0.25) is 0 Å². The molecule has 0 aliphatic carbocycles. The maximum Gasteiger partial charge on any atom is 0.151 e. The molecule has 1 aromatic heterocycles. The lowest BCUT2D eigenvalue weighted by atomic mass is 10.1. The molecule has 1 aliphatic heterocycles. The first-order chi connectivity index (χ1) is 9.22. The van der Waals surface area contributed by atoms with E-state index >= 15 is 0 Å². The number of rotatable bonds is 7. The van der Waals surface area contributed by atoms with Crippen LogP contribution in [0.25, 0.3) is 0 Å². The molecule has 0 bridgehead atoms. The second kappa shape index (κ2) is 7.27. The molecule has 0 amide bonds. The Hall–Kier alpha value is -0.580. The van der Waals surface area contributed by atoms with Gasteiger partial charge in [0, 0.05) is 26.6 Å². The zero-order valence-corrected chi connectivity index (χ0v) is 12.7. The highest BCUT2D eigenvalue weighted by Gasteiger charge is 2.23. The van der Waals surface area contributed by atoms with Gasteiger partial charge < -0.3 is 9.72 Å². The number of methoxy groups -OCH3 is 1. The van der Waals surface area contributed by atoms with E-state index < -0.39 is 0 Å². The van der Waals surface area contributed by atoms with E-state index in [2.05, 4.69) is 21.8 Å². The Morgan fingerprint density at radius 3 is 3.11 bits per heavy atom. The smallest absolute Gasteiger partial charge is 0.151 e. The number of nitrogens with zero attached hydrogens (tertiary/aromatic N) is 2. The van der Waals surface area contributed by atoms with Crippen molar-refractivity contribution in [2.24, 2.45) is 5.92 Å². The minimum atomic E-state index is 0.640. The maximum absolute atomic E-state index is 6.21. The number of aromatic nitrogens is 2. The van der Waals surface area contributed by atoms with Crippen LogP contribution in [0.15, 0.2) is 0 Å². The van der Waals surface area contributed by atoms with Crippen molar-refractivity contribution < 1.29 is 4.74 Å². The second-order valence-corrected chi connectivity index (χ2v) is 5.76. The summed E-state index contributed by atoms with van der Waals surface area (Å²) < 4.78 is 5.22. The molecule has 2 rings (SSSR count). The van der Waals surface area contributed by atoms with Crippen molar-refractivity contribution in [1.29, 1.82) is 0 Å². The molecule has 5 heteroatoms. The van der Waals surface area contributed by atoms with Gasteiger partial charge in [0.05, 0.1) is 12.3 Å². The van der Waals surface area contributed by atoms with Crippen LogP contribution in [0.4, 0.5) is 0 Å². The Balaban J connectivity index is 1.87. The molecule has 1 atom stereocenters. The molecular weight excluding hydrogens is 262 g/mol. The van der Waals surface area contributed by atoms with Crippen LogP contribution in [-0.4, -0.2) is 41.7 Å². The van der Waals surface area contributed by atoms with E-state index in [0.29, 0.717) is 11.1 Å². The third-order valence-corrected chi connectivity index (χ3v) is 4.01. The molecule has 0 radical (unpaired) electrons. The monoisotopic (exact) mass is 285 g/mol. The van der Waals surface area contributed by atoms with Gasteiger partial charge in [0.15, 0.2) is 5.15 Å². The Morgan fingerprint density at radius 1 is 1.53 bits per heavy atom. The van der Waals surface area contributed by atoms with E-state index in [1.54, 1.807) is 7.11 Å². The first-order valence-electron chi connectivity index (χ1n) is 7.17. The van der Waals surface area contributed by atoms with Crippen molar-refractivity contribution in [2.45, 2.75) is 39.2 Å². The van der Waals surface area contributed by atoms with Gasteiger partial charge in [0.1, 0.15) is 5.82 Å². The summed E-state index contributed by atoms with van der Waals surface area (Å²) in [6.45, 7) is 6.12. The van der Waals surface area contributed by atoms with Crippen LogP contribution in [-0.2, 0) is 17.7 Å². The van der Waals surface area contributed by atoms with E-state index in [0.717, 1.165) is 50.6 Å². The zero-order valence-electron chi connectivity index (χ0n) is 11.9. The van der Waals surface area contributed by atoms with Gasteiger partial charge in [-0.25, -0.2) is 4.98 Å². The van der Waals surface area contributed by atoms with E-state index in [-0.39, 0.29) is 0 Å². The predicted octanol–water partition coefficient (Wildman–Crippen LogP) is 2.87. The third kappa shape index (κ3) is 4.20. The lowest BCUT2D eigenvalue weighted by Gasteiger charge is -2.14. The lowest BCUT2D eigenvalue weighted by Crippen LogP contribution is -2.21. The molecule has 1 aromatic rings. The van der Waals surface area contributed by atoms with Crippen LogP contribution in [0.2, 0.25) is 5.15 Å². The molecule has 1 saturated heterocycles. The van der Waals surface area contributed by atoms with Crippen molar-refractivity contribution in [2.75, 3.05) is 26.8 Å². The summed E-state index contributed by atoms with van der Waals surface area (Å²) in [6.07, 6.45) is 4.53. The number of likely N-dealkylation sites (tertiary alicyclic amines) is 1. The first kappa shape index (κ1) is 14.8. The van der Waals surface area contributed by atoms with E-state index in [1.807, 2.05) is 0 Å². The largest absolute Gasteiger partial charge is 0.384 e. The number of hydrogen-bond acceptors (Lipinski definition) is 3. The van der Waals surface area contributed by atoms with Crippen LogP contribution < -0.4 is 0 Å². The van der Waals surface area contributed by atoms with E-state index in [9.17, 15) is 0 Å². The summed E-state index contributed by atoms with van der Waals surface area (Å²) >= 11 is 6.21. The van der Waals surface area contributed by atoms with Gasteiger partial charge in [-0.3, -0.25) is 4.90 Å². The molecule has 108 valence electrons. The molecule has 0 saturated carbocycles. The Kier molecular flexibility index (Phi) is 5.67. The number of halogens is 1. The standard InChI is InChI=1S/C14H24ClN3O/c1-3-4-5-13-16-12(14(15)17-13)9-18-7-6-11(8-18)10-19-2/h11H,3-10H2,1-2H3,(H,16,17)/t11-/m0/s1. The summed E-state index contributed by atoms with van der Waals surface area (Å²) in [5, 5.41) is 0.640. The van der Waals surface area contributed by atoms with Crippen molar-refractivity contribution in [3.05, 3.63) is 16.7 Å². The van der Waals surface area contributed by atoms with Gasteiger partial charge in [-0.2, -0.15) is 0 Å². The molecule has 2 heterocycles. The summed E-state index contributed by atoms with van der Waals surface area (Å²) in [4.78, 5) is 10.2. The fraction of sp³-hybridized carbons (Fsp3) is 0.786. The predicted molar refractivity (Wildman–Crippen MR) is 77.5 cm³/mol. The number of nitrogens with one attached hydrogen (secondary N) is 1. The second-order valence-electron chi connectivity index (χ2n) is 5.40. The van der Waals surface area contributed by atoms with Crippen LogP contribution in [0.3, 0.4) is 0 Å². The lowest BCUT2D eigenvalue weighted by molar-refractivity contribution is 0.152. The van der Waals surface area contributed by atoms with Gasteiger partial charge in [-0.05, 0) is 25.3 Å². The fourth-order valence-electron chi connectivity index (χ4n) is 2.66. The number of aryl methyl sites for hydroxylation is 1. The summed E-state index contributed by atoms with van der Waals surface area (Å²) in [5.41, 5.74) is 1.06. The average Bonchev–Trinajstić information content (AvgIpc) is 2.96. The quantitative estimate of drug-likeness (QED) is 0.837. The number of H-pyrrole nitrogens is 1. The summed E-state index contributed by atoms with van der Waals surface area (Å²) in [6, 6.07) is 0. The molecule has 1 N–H and O–H groups in total. The van der Waals surface area contributed by atoms with Gasteiger partial charge >= 0.3 is 0 Å². The average molecular weight is 286 g/mol. The molecule has 19 heavy (non-hydrogen) atoms. The van der Waals surface area contributed by atoms with Crippen LogP contribution >= 0.6 is 11.6 Å². The molecular formula is C14H24ClN3O. The van der Waals surface area contributed by atoms with Crippen molar-refractivity contribution in [1.82, 2.24) is 14.9 Å². The fourth-order valence-corrected chi connectivity index (χ4v) is 2.87. The summed E-state index contributed by atoms with van der Waals surface area (Å²) in [5.74, 6) is 1.68. The van der Waals surface area contributed by atoms with Crippen molar-refractivity contribution in [3.8, 4) is 0 Å². The molecule has 1 aliphatic rings. The highest BCUT2D eigenvalue weighted by Crippen LogP contribution is 2.21. The van der Waals surface area contributed by atoms with Gasteiger partial charge in [-0.15, -0.1) is 0 Å². The number of unbranched alkanes of at least 4 members (excludes halogenated alkanes) is 1. The van der Waals surface area contributed by atoms with Crippen LogP contribution in [0, 0.1) is 5.92 Å². The highest BCUT2D eigenvalue weighted by atomic mass is 35.5. The number of imidazole rings is 1. The topological polar surface area (TPSA) is 41.2 Å². The Labute approximate surface area is 120 Å². The Morgan fingerprint density at radius 2 is 2.37 bits per heavy atom. The molecule has 0 spiro atoms. The Bertz CT molecular complexity index is 394. The SMILES string of the molecule is CCCCc1nc(Cl)c(CN2CC[C@H](COC)C2)[nH]1. The molecule has 4 nitrogen and oxygen atoms in total. The number of aromatic amines is 1. The number of ether oxygens (including phenoxy) is 1. The van der Waals surface area contributed by atoms with Crippen molar-refractivity contribution >= 4 is 11.6 Å².